The van der Waals surface area contributed by atoms with Gasteiger partial charge in [0.2, 0.25) is 20.0 Å². The molecule has 7 N–H and O–H groups in total. The summed E-state index contributed by atoms with van der Waals surface area (Å²) in [6, 6.07) is 1.68. The average molecular weight is 392 g/mol. The smallest absolute Gasteiger partial charge is 0.242 e. The van der Waals surface area contributed by atoms with E-state index in [2.05, 4.69) is 15.6 Å². The van der Waals surface area contributed by atoms with Gasteiger partial charge in [-0.25, -0.2) is 37.2 Å². The van der Waals surface area contributed by atoms with Gasteiger partial charge in [0.15, 0.2) is 4.71 Å². The fourth-order valence-corrected chi connectivity index (χ4v) is 5.07. The molecule has 0 saturated carbocycles. The number of benzene rings is 1. The molecule has 0 unspecified atom stereocenters. The van der Waals surface area contributed by atoms with Gasteiger partial charge in [-0.1, -0.05) is 23.4 Å². The van der Waals surface area contributed by atoms with E-state index in [1.165, 1.54) is 0 Å². The van der Waals surface area contributed by atoms with Crippen LogP contribution < -0.4 is 26.4 Å². The van der Waals surface area contributed by atoms with Gasteiger partial charge in [0, 0.05) is 0 Å². The number of rotatable bonds is 4. The Morgan fingerprint density at radius 2 is 1.91 bits per heavy atom. The molecule has 0 aliphatic carbocycles. The van der Waals surface area contributed by atoms with Crippen LogP contribution in [0.5, 0.6) is 0 Å². The first-order chi connectivity index (χ1) is 10.0. The first-order valence-electron chi connectivity index (χ1n) is 5.46. The Bertz CT molecular complexity index is 779. The van der Waals surface area contributed by atoms with Crippen LogP contribution in [0.3, 0.4) is 0 Å². The van der Waals surface area contributed by atoms with Crippen LogP contribution in [0.15, 0.2) is 17.0 Å². The number of sulfonamides is 2. The zero-order valence-electron chi connectivity index (χ0n) is 10.6. The molecule has 0 radical (unpaired) electrons. The van der Waals surface area contributed by atoms with Crippen LogP contribution in [0.2, 0.25) is 5.02 Å². The topological polar surface area (TPSA) is 156 Å². The number of nitrogens with two attached hydrogens (primary N) is 2. The Morgan fingerprint density at radius 1 is 1.27 bits per heavy atom. The van der Waals surface area contributed by atoms with E-state index >= 15 is 0 Å². The Morgan fingerprint density at radius 3 is 2.41 bits per heavy atom. The van der Waals surface area contributed by atoms with E-state index in [1.807, 2.05) is 0 Å². The van der Waals surface area contributed by atoms with Crippen molar-refractivity contribution in [2.24, 2.45) is 5.14 Å². The van der Waals surface area contributed by atoms with Crippen LogP contribution >= 0.6 is 23.4 Å². The molecule has 0 amide bonds. The predicted octanol–water partition coefficient (Wildman–Crippen LogP) is -0.964. The predicted molar refractivity (Wildman–Crippen MR) is 80.7 cm³/mol. The molecule has 1 heterocycles. The van der Waals surface area contributed by atoms with Crippen molar-refractivity contribution in [2.75, 3.05) is 5.73 Å². The second-order valence-corrected chi connectivity index (χ2v) is 9.43. The van der Waals surface area contributed by atoms with Gasteiger partial charge in [-0.15, -0.1) is 0 Å². The minimum Gasteiger partial charge on any atom is -0.395 e. The Labute approximate surface area is 135 Å². The second-order valence-electron chi connectivity index (χ2n) is 4.15. The third-order valence-corrected chi connectivity index (χ3v) is 7.11. The van der Waals surface area contributed by atoms with Crippen molar-refractivity contribution in [3.63, 3.8) is 0 Å². The van der Waals surface area contributed by atoms with Crippen molar-refractivity contribution in [3.05, 3.63) is 23.0 Å². The maximum absolute atomic E-state index is 13.5. The lowest BCUT2D eigenvalue weighted by molar-refractivity contribution is 0.525. The molecule has 1 aliphatic rings. The number of nitrogen functional groups attached to an aromatic ring is 1. The van der Waals surface area contributed by atoms with Gasteiger partial charge in [-0.3, -0.25) is 0 Å². The molecule has 1 fully saturated rings. The van der Waals surface area contributed by atoms with E-state index in [9.17, 15) is 21.2 Å². The van der Waals surface area contributed by atoms with Gasteiger partial charge in [0.05, 0.1) is 15.6 Å². The standard InChI is InChI=1S/C8H11ClFN5O4S3/c9-4-1-3(2-5(10)6(4)11)22(18,19)15-7-13-14-8(20-7)21(12,16)17/h1-2,7-8,13-15H,11H2,(H2,12,16,17)/t7-,8-/m1/s1. The monoisotopic (exact) mass is 391 g/mol. The lowest BCUT2D eigenvalue weighted by Crippen LogP contribution is -2.44. The Kier molecular flexibility index (Phi) is 4.89. The maximum Gasteiger partial charge on any atom is 0.242 e. The van der Waals surface area contributed by atoms with Gasteiger partial charge in [0.25, 0.3) is 0 Å². The summed E-state index contributed by atoms with van der Waals surface area (Å²) in [5.41, 5.74) is 8.59. The summed E-state index contributed by atoms with van der Waals surface area (Å²) in [7, 11) is -8.08. The Balaban J connectivity index is 2.20. The molecule has 2 rings (SSSR count). The number of halogens is 2. The zero-order chi connectivity index (χ0) is 16.7. The fraction of sp³-hybridized carbons (Fsp3) is 0.250. The van der Waals surface area contributed by atoms with Crippen molar-refractivity contribution < 1.29 is 21.2 Å². The van der Waals surface area contributed by atoms with Gasteiger partial charge in [-0.05, 0) is 12.1 Å². The van der Waals surface area contributed by atoms with Crippen molar-refractivity contribution >= 4 is 49.1 Å². The van der Waals surface area contributed by atoms with E-state index in [-0.39, 0.29) is 10.7 Å². The summed E-state index contributed by atoms with van der Waals surface area (Å²) < 4.78 is 60.9. The van der Waals surface area contributed by atoms with Crippen LogP contribution in [0, 0.1) is 5.82 Å². The number of hydrogen-bond acceptors (Lipinski definition) is 8. The van der Waals surface area contributed by atoms with Gasteiger partial charge < -0.3 is 5.73 Å². The largest absolute Gasteiger partial charge is 0.395 e. The minimum absolute atomic E-state index is 0.257. The van der Waals surface area contributed by atoms with Crippen LogP contribution in [0.1, 0.15) is 0 Å². The van der Waals surface area contributed by atoms with E-state index in [0.717, 1.165) is 6.07 Å². The van der Waals surface area contributed by atoms with Crippen LogP contribution in [0.25, 0.3) is 0 Å². The number of hydrogen-bond donors (Lipinski definition) is 5. The molecule has 0 aromatic heterocycles. The van der Waals surface area contributed by atoms with E-state index in [4.69, 9.17) is 22.5 Å². The van der Waals surface area contributed by atoms with E-state index < -0.39 is 41.0 Å². The highest BCUT2D eigenvalue weighted by molar-refractivity contribution is 8.13. The molecule has 14 heteroatoms. The highest BCUT2D eigenvalue weighted by atomic mass is 35.5. The van der Waals surface area contributed by atoms with Crippen LogP contribution in [0.4, 0.5) is 10.1 Å². The quantitative estimate of drug-likeness (QED) is 0.410. The number of nitrogens with one attached hydrogen (secondary N) is 3. The van der Waals surface area contributed by atoms with Crippen molar-refractivity contribution in [1.29, 1.82) is 0 Å². The molecule has 0 spiro atoms. The summed E-state index contributed by atoms with van der Waals surface area (Å²) in [5, 5.41) is 4.67. The molecule has 0 bridgehead atoms. The van der Waals surface area contributed by atoms with E-state index in [1.54, 1.807) is 0 Å². The normalized spacial score (nSPS) is 22.9. The lowest BCUT2D eigenvalue weighted by Gasteiger charge is -2.13. The summed E-state index contributed by atoms with van der Waals surface area (Å²) in [6.07, 6.45) is 0. The third kappa shape index (κ3) is 3.80. The number of primary sulfonamides is 1. The SMILES string of the molecule is Nc1c(F)cc(S(=O)(=O)N[C@H]2NN[C@@H](S(N)(=O)=O)S2)cc1Cl. The van der Waals surface area contributed by atoms with Crippen LogP contribution in [-0.4, -0.2) is 27.0 Å². The molecule has 1 aromatic carbocycles. The summed E-state index contributed by atoms with van der Waals surface area (Å²) in [4.78, 5) is -0.453. The molecule has 1 aliphatic heterocycles. The highest BCUT2D eigenvalue weighted by Crippen LogP contribution is 2.27. The summed E-state index contributed by atoms with van der Waals surface area (Å²) >= 11 is 6.31. The van der Waals surface area contributed by atoms with Gasteiger partial charge in [0.1, 0.15) is 11.3 Å². The fourth-order valence-electron chi connectivity index (χ4n) is 1.48. The van der Waals surface area contributed by atoms with Crippen molar-refractivity contribution in [1.82, 2.24) is 15.6 Å². The van der Waals surface area contributed by atoms with Crippen molar-refractivity contribution in [2.45, 2.75) is 15.1 Å². The van der Waals surface area contributed by atoms with Gasteiger partial charge in [-0.2, -0.15) is 4.72 Å². The first-order valence-corrected chi connectivity index (χ1v) is 9.87. The van der Waals surface area contributed by atoms with Gasteiger partial charge >= 0.3 is 0 Å². The zero-order valence-corrected chi connectivity index (χ0v) is 13.8. The molecule has 2 atom stereocenters. The Hall–Kier alpha value is -0.670. The molecular formula is C8H11ClFN5O4S3. The molecule has 1 saturated heterocycles. The second kappa shape index (κ2) is 6.09. The average Bonchev–Trinajstić information content (AvgIpc) is 2.82. The first kappa shape index (κ1) is 17.7. The third-order valence-electron chi connectivity index (χ3n) is 2.52. The van der Waals surface area contributed by atoms with E-state index in [0.29, 0.717) is 17.8 Å². The molecule has 124 valence electrons. The summed E-state index contributed by atoms with van der Waals surface area (Å²) in [6.45, 7) is 0. The molecule has 1 aromatic rings. The molecular weight excluding hydrogens is 381 g/mol. The van der Waals surface area contributed by atoms with Crippen LogP contribution in [-0.2, 0) is 20.0 Å². The maximum atomic E-state index is 13.5. The number of anilines is 1. The van der Waals surface area contributed by atoms with Crippen molar-refractivity contribution in [3.8, 4) is 0 Å². The highest BCUT2D eigenvalue weighted by Gasteiger charge is 2.35. The summed E-state index contributed by atoms with van der Waals surface area (Å²) in [5.74, 6) is -0.986. The molecule has 22 heavy (non-hydrogen) atoms. The number of hydrazine groups is 1. The molecule has 9 nitrogen and oxygen atoms in total. The number of thioether (sulfide) groups is 1. The minimum atomic E-state index is -4.16. The lowest BCUT2D eigenvalue weighted by atomic mass is 10.3.